The summed E-state index contributed by atoms with van der Waals surface area (Å²) in [5, 5.41) is 0. The van der Waals surface area contributed by atoms with Gasteiger partial charge >= 0.3 is 0 Å². The van der Waals surface area contributed by atoms with Crippen LogP contribution in [0.5, 0.6) is 0 Å². The van der Waals surface area contributed by atoms with Crippen molar-refractivity contribution in [3.63, 3.8) is 0 Å². The first-order chi connectivity index (χ1) is 3.17. The number of rotatable bonds is 0. The van der Waals surface area contributed by atoms with E-state index in [0.29, 0.717) is 0 Å². The van der Waals surface area contributed by atoms with Gasteiger partial charge in [-0.05, 0) is 0 Å². The lowest BCUT2D eigenvalue weighted by atomic mass is 10.4. The van der Waals surface area contributed by atoms with Gasteiger partial charge in [-0.1, -0.05) is 5.92 Å². The van der Waals surface area contributed by atoms with Crippen molar-refractivity contribution in [2.24, 2.45) is 5.92 Å². The van der Waals surface area contributed by atoms with E-state index in [1.165, 1.54) is 0 Å². The lowest BCUT2D eigenvalue weighted by Gasteiger charge is -1.82. The summed E-state index contributed by atoms with van der Waals surface area (Å²) in [4.78, 5) is 0. The first-order valence-corrected chi connectivity index (χ1v) is 2.01. The molecule has 1 atom stereocenters. The summed E-state index contributed by atoms with van der Waals surface area (Å²) in [7, 11) is 0. The minimum Gasteiger partial charge on any atom is -0.205 e. The minimum absolute atomic E-state index is 0.108. The molecule has 0 saturated heterocycles. The maximum Gasteiger partial charge on any atom is 0.263 e. The molecular weight excluding hydrogens is 98.1 g/mol. The molecule has 7 heavy (non-hydrogen) atoms. The van der Waals surface area contributed by atoms with Gasteiger partial charge in [0, 0.05) is 6.42 Å². The number of hydrogen-bond donors (Lipinski definition) is 0. The fourth-order valence-electron chi connectivity index (χ4n) is 0.394. The lowest BCUT2D eigenvalue weighted by molar-refractivity contribution is 0.109. The molecule has 0 bridgehead atoms. The van der Waals surface area contributed by atoms with Gasteiger partial charge in [0.1, 0.15) is 0 Å². The molecule has 0 aromatic carbocycles. The number of hydrogen-bond acceptors (Lipinski definition) is 0. The average Bonchev–Trinajstić information content (AvgIpc) is 2.13. The van der Waals surface area contributed by atoms with E-state index in [0.717, 1.165) is 0 Å². The highest BCUT2D eigenvalue weighted by molar-refractivity contribution is 5.12. The summed E-state index contributed by atoms with van der Waals surface area (Å²) in [5.74, 6) is -1.30. The van der Waals surface area contributed by atoms with Gasteiger partial charge < -0.3 is 0 Å². The van der Waals surface area contributed by atoms with Gasteiger partial charge in [0.2, 0.25) is 0 Å². The van der Waals surface area contributed by atoms with Crippen LogP contribution in [0.2, 0.25) is 0 Å². The van der Waals surface area contributed by atoms with Crippen molar-refractivity contribution < 1.29 is 8.78 Å². The van der Waals surface area contributed by atoms with Crippen molar-refractivity contribution in [3.05, 3.63) is 0 Å². The maximum atomic E-state index is 11.7. The zero-order valence-electron chi connectivity index (χ0n) is 3.62. The van der Waals surface area contributed by atoms with E-state index in [-0.39, 0.29) is 6.42 Å². The number of terminal acetylenes is 1. The highest BCUT2D eigenvalue weighted by atomic mass is 19.3. The van der Waals surface area contributed by atoms with Crippen LogP contribution in [0.25, 0.3) is 0 Å². The molecule has 2 heteroatoms. The van der Waals surface area contributed by atoms with Crippen molar-refractivity contribution in [1.29, 1.82) is 0 Å². The molecule has 0 aromatic rings. The molecule has 1 saturated carbocycles. The van der Waals surface area contributed by atoms with Crippen LogP contribution in [-0.2, 0) is 0 Å². The summed E-state index contributed by atoms with van der Waals surface area (Å²) in [5.41, 5.74) is 0. The molecule has 0 nitrogen and oxygen atoms in total. The molecule has 0 aliphatic heterocycles. The van der Waals surface area contributed by atoms with Crippen molar-refractivity contribution in [2.75, 3.05) is 0 Å². The van der Waals surface area contributed by atoms with Gasteiger partial charge in [-0.15, -0.1) is 6.42 Å². The minimum atomic E-state index is -2.52. The molecule has 1 fully saturated rings. The van der Waals surface area contributed by atoms with Gasteiger partial charge in [0.15, 0.2) is 0 Å². The van der Waals surface area contributed by atoms with Crippen LogP contribution in [0.1, 0.15) is 6.42 Å². The first-order valence-electron chi connectivity index (χ1n) is 2.01. The second-order valence-electron chi connectivity index (χ2n) is 1.68. The van der Waals surface area contributed by atoms with Crippen LogP contribution >= 0.6 is 0 Å². The molecule has 1 aliphatic rings. The third-order valence-electron chi connectivity index (χ3n) is 1.03. The summed E-state index contributed by atoms with van der Waals surface area (Å²) in [6.45, 7) is 0. The van der Waals surface area contributed by atoms with E-state index < -0.39 is 11.8 Å². The third kappa shape index (κ3) is 0.584. The highest BCUT2D eigenvalue weighted by Gasteiger charge is 2.55. The Morgan fingerprint density at radius 3 is 2.14 bits per heavy atom. The standard InChI is InChI=1S/C5H4F2/c1-2-4-3-5(4,6)7/h1,4H,3H2/t4-/m0/s1. The zero-order chi connectivity index (χ0) is 5.49. The Balaban J connectivity index is 2.49. The zero-order valence-corrected chi connectivity index (χ0v) is 3.62. The highest BCUT2D eigenvalue weighted by Crippen LogP contribution is 2.47. The molecular formula is C5H4F2. The van der Waals surface area contributed by atoms with Gasteiger partial charge in [-0.3, -0.25) is 0 Å². The second-order valence-corrected chi connectivity index (χ2v) is 1.68. The fourth-order valence-corrected chi connectivity index (χ4v) is 0.394. The Morgan fingerprint density at radius 2 is 2.14 bits per heavy atom. The molecule has 1 rings (SSSR count). The van der Waals surface area contributed by atoms with Gasteiger partial charge in [0.25, 0.3) is 5.92 Å². The Morgan fingerprint density at radius 1 is 1.71 bits per heavy atom. The molecule has 0 spiro atoms. The Hall–Kier alpha value is -0.580. The van der Waals surface area contributed by atoms with Crippen molar-refractivity contribution in [1.82, 2.24) is 0 Å². The Labute approximate surface area is 40.5 Å². The van der Waals surface area contributed by atoms with Crippen LogP contribution in [-0.4, -0.2) is 5.92 Å². The summed E-state index contributed by atoms with van der Waals surface area (Å²) in [6.07, 6.45) is 4.57. The second kappa shape index (κ2) is 0.975. The SMILES string of the molecule is C#C[C@H]1CC1(F)F. The average molecular weight is 102 g/mol. The molecule has 0 aromatic heterocycles. The number of alkyl halides is 2. The Bertz CT molecular complexity index is 121. The van der Waals surface area contributed by atoms with E-state index in [9.17, 15) is 8.78 Å². The van der Waals surface area contributed by atoms with E-state index >= 15 is 0 Å². The van der Waals surface area contributed by atoms with Crippen LogP contribution in [0.15, 0.2) is 0 Å². The van der Waals surface area contributed by atoms with E-state index in [1.54, 1.807) is 0 Å². The molecule has 38 valence electrons. The molecule has 0 amide bonds. The summed E-state index contributed by atoms with van der Waals surface area (Å²) >= 11 is 0. The van der Waals surface area contributed by atoms with Crippen LogP contribution < -0.4 is 0 Å². The van der Waals surface area contributed by atoms with E-state index in [2.05, 4.69) is 6.42 Å². The normalized spacial score (nSPS) is 34.1. The summed E-state index contributed by atoms with van der Waals surface area (Å²) in [6, 6.07) is 0. The van der Waals surface area contributed by atoms with Crippen molar-refractivity contribution >= 4 is 0 Å². The predicted octanol–water partition coefficient (Wildman–Crippen LogP) is 1.27. The number of halogens is 2. The van der Waals surface area contributed by atoms with Gasteiger partial charge in [-0.2, -0.15) is 0 Å². The van der Waals surface area contributed by atoms with E-state index in [4.69, 9.17) is 0 Å². The quantitative estimate of drug-likeness (QED) is 0.404. The van der Waals surface area contributed by atoms with Crippen LogP contribution in [0, 0.1) is 18.3 Å². The maximum absolute atomic E-state index is 11.7. The van der Waals surface area contributed by atoms with Gasteiger partial charge in [0.05, 0.1) is 5.92 Å². The molecule has 1 aliphatic carbocycles. The monoisotopic (exact) mass is 102 g/mol. The fraction of sp³-hybridized carbons (Fsp3) is 0.600. The largest absolute Gasteiger partial charge is 0.263 e. The van der Waals surface area contributed by atoms with Crippen LogP contribution in [0.3, 0.4) is 0 Å². The third-order valence-corrected chi connectivity index (χ3v) is 1.03. The van der Waals surface area contributed by atoms with Gasteiger partial charge in [-0.25, -0.2) is 8.78 Å². The molecule has 0 N–H and O–H groups in total. The Kier molecular flexibility index (Phi) is 0.637. The first kappa shape index (κ1) is 4.58. The van der Waals surface area contributed by atoms with Crippen LogP contribution in [0.4, 0.5) is 8.78 Å². The molecule has 0 unspecified atom stereocenters. The van der Waals surface area contributed by atoms with Crippen molar-refractivity contribution in [3.8, 4) is 12.3 Å². The molecule has 0 radical (unpaired) electrons. The van der Waals surface area contributed by atoms with E-state index in [1.807, 2.05) is 5.92 Å². The topological polar surface area (TPSA) is 0 Å². The lowest BCUT2D eigenvalue weighted by Crippen LogP contribution is -1.88. The predicted molar refractivity (Wildman–Crippen MR) is 21.9 cm³/mol. The molecule has 0 heterocycles. The summed E-state index contributed by atoms with van der Waals surface area (Å²) < 4.78 is 23.3. The van der Waals surface area contributed by atoms with Crippen molar-refractivity contribution in [2.45, 2.75) is 12.3 Å². The smallest absolute Gasteiger partial charge is 0.205 e.